The normalized spacial score (nSPS) is 34.1. The van der Waals surface area contributed by atoms with E-state index >= 15 is 0 Å². The first-order valence-corrected chi connectivity index (χ1v) is 7.37. The Morgan fingerprint density at radius 2 is 1.55 bits per heavy atom. The Kier molecular flexibility index (Phi) is 5.54. The van der Waals surface area contributed by atoms with Crippen molar-refractivity contribution in [3.05, 3.63) is 34.3 Å². The predicted molar refractivity (Wildman–Crippen MR) is 76.2 cm³/mol. The van der Waals surface area contributed by atoms with Gasteiger partial charge in [-0.2, -0.15) is 0 Å². The van der Waals surface area contributed by atoms with Crippen LogP contribution < -0.4 is 0 Å². The van der Waals surface area contributed by atoms with Crippen molar-refractivity contribution in [1.29, 1.82) is 0 Å². The molecule has 0 aliphatic carbocycles. The third-order valence-corrected chi connectivity index (χ3v) is 4.15. The molecule has 112 valence electrons. The topological polar surface area (TPSA) is 90.2 Å². The quantitative estimate of drug-likeness (QED) is 0.626. The van der Waals surface area contributed by atoms with Gasteiger partial charge in [0.2, 0.25) is 0 Å². The van der Waals surface area contributed by atoms with E-state index in [2.05, 4.69) is 15.9 Å². The fourth-order valence-corrected chi connectivity index (χ4v) is 2.64. The van der Waals surface area contributed by atoms with Gasteiger partial charge in [-0.05, 0) is 30.5 Å². The van der Waals surface area contributed by atoms with Gasteiger partial charge in [-0.25, -0.2) is 0 Å². The van der Waals surface area contributed by atoms with Crippen LogP contribution >= 0.6 is 15.9 Å². The molecule has 5 nitrogen and oxygen atoms in total. The van der Waals surface area contributed by atoms with Gasteiger partial charge in [0.15, 0.2) is 0 Å². The fourth-order valence-electron chi connectivity index (χ4n) is 2.38. The molecule has 6 heteroatoms. The summed E-state index contributed by atoms with van der Waals surface area (Å²) in [6, 6.07) is 7.80. The molecule has 0 spiro atoms. The highest BCUT2D eigenvalue weighted by molar-refractivity contribution is 9.10. The first-order valence-electron chi connectivity index (χ1n) is 6.58. The smallest absolute Gasteiger partial charge is 0.111 e. The van der Waals surface area contributed by atoms with Crippen LogP contribution in [0.2, 0.25) is 0 Å². The molecule has 0 bridgehead atoms. The monoisotopic (exact) mass is 346 g/mol. The molecule has 1 aromatic carbocycles. The SMILES string of the molecule is OC[C@H]1O[C@@H](CCc2ccc(Br)cc2)[C@H](O)[C@@H](O)[C@@H]1O. The molecule has 1 fully saturated rings. The summed E-state index contributed by atoms with van der Waals surface area (Å²) < 4.78 is 6.45. The van der Waals surface area contributed by atoms with Gasteiger partial charge in [-0.3, -0.25) is 0 Å². The third-order valence-electron chi connectivity index (χ3n) is 3.62. The third kappa shape index (κ3) is 3.58. The Morgan fingerprint density at radius 1 is 0.950 bits per heavy atom. The molecule has 0 saturated carbocycles. The molecule has 4 N–H and O–H groups in total. The molecule has 0 aromatic heterocycles. The molecule has 1 saturated heterocycles. The highest BCUT2D eigenvalue weighted by Crippen LogP contribution is 2.24. The van der Waals surface area contributed by atoms with E-state index in [0.29, 0.717) is 12.8 Å². The zero-order valence-electron chi connectivity index (χ0n) is 10.9. The van der Waals surface area contributed by atoms with Gasteiger partial charge in [0.1, 0.15) is 24.4 Å². The second kappa shape index (κ2) is 6.98. The summed E-state index contributed by atoms with van der Waals surface area (Å²) >= 11 is 3.36. The summed E-state index contributed by atoms with van der Waals surface area (Å²) in [6.45, 7) is -0.389. The van der Waals surface area contributed by atoms with Crippen molar-refractivity contribution < 1.29 is 25.2 Å². The van der Waals surface area contributed by atoms with Crippen LogP contribution in [0.15, 0.2) is 28.7 Å². The van der Waals surface area contributed by atoms with Crippen molar-refractivity contribution >= 4 is 15.9 Å². The van der Waals surface area contributed by atoms with Gasteiger partial charge in [0.25, 0.3) is 0 Å². The van der Waals surface area contributed by atoms with E-state index in [0.717, 1.165) is 10.0 Å². The zero-order valence-corrected chi connectivity index (χ0v) is 12.5. The lowest BCUT2D eigenvalue weighted by atomic mass is 9.92. The minimum Gasteiger partial charge on any atom is -0.394 e. The summed E-state index contributed by atoms with van der Waals surface area (Å²) in [5.74, 6) is 0. The van der Waals surface area contributed by atoms with Crippen molar-refractivity contribution in [2.24, 2.45) is 0 Å². The fraction of sp³-hybridized carbons (Fsp3) is 0.571. The van der Waals surface area contributed by atoms with Gasteiger partial charge >= 0.3 is 0 Å². The zero-order chi connectivity index (χ0) is 14.7. The van der Waals surface area contributed by atoms with Gasteiger partial charge in [-0.15, -0.1) is 0 Å². The molecule has 20 heavy (non-hydrogen) atoms. The van der Waals surface area contributed by atoms with Crippen LogP contribution in [0.5, 0.6) is 0 Å². The summed E-state index contributed by atoms with van der Waals surface area (Å²) in [6.07, 6.45) is -3.99. The van der Waals surface area contributed by atoms with E-state index in [4.69, 9.17) is 9.84 Å². The van der Waals surface area contributed by atoms with Crippen molar-refractivity contribution in [1.82, 2.24) is 0 Å². The number of aliphatic hydroxyl groups excluding tert-OH is 4. The van der Waals surface area contributed by atoms with Crippen LogP contribution in [0, 0.1) is 0 Å². The van der Waals surface area contributed by atoms with Gasteiger partial charge in [0.05, 0.1) is 12.7 Å². The molecule has 2 rings (SSSR count). The highest BCUT2D eigenvalue weighted by atomic mass is 79.9. The number of halogens is 1. The molecule has 0 amide bonds. The Morgan fingerprint density at radius 3 is 2.15 bits per heavy atom. The Balaban J connectivity index is 1.95. The molecular weight excluding hydrogens is 328 g/mol. The molecule has 1 heterocycles. The number of hydrogen-bond donors (Lipinski definition) is 4. The average Bonchev–Trinajstić information content (AvgIpc) is 2.46. The second-order valence-electron chi connectivity index (χ2n) is 5.03. The van der Waals surface area contributed by atoms with E-state index in [1.54, 1.807) is 0 Å². The van der Waals surface area contributed by atoms with E-state index < -0.39 is 30.5 Å². The van der Waals surface area contributed by atoms with Crippen LogP contribution in [0.25, 0.3) is 0 Å². The molecule has 5 atom stereocenters. The minimum absolute atomic E-state index is 0.389. The maximum absolute atomic E-state index is 9.92. The molecule has 1 aliphatic rings. The Hall–Kier alpha value is -0.500. The lowest BCUT2D eigenvalue weighted by Crippen LogP contribution is -2.58. The number of hydrogen-bond acceptors (Lipinski definition) is 5. The lowest BCUT2D eigenvalue weighted by molar-refractivity contribution is -0.230. The number of ether oxygens (including phenoxy) is 1. The largest absolute Gasteiger partial charge is 0.394 e. The average molecular weight is 347 g/mol. The van der Waals surface area contributed by atoms with Crippen LogP contribution in [-0.4, -0.2) is 57.6 Å². The van der Waals surface area contributed by atoms with Gasteiger partial charge in [-0.1, -0.05) is 28.1 Å². The van der Waals surface area contributed by atoms with Crippen molar-refractivity contribution in [3.63, 3.8) is 0 Å². The molecule has 1 aliphatic heterocycles. The summed E-state index contributed by atoms with van der Waals surface area (Å²) in [5.41, 5.74) is 1.09. The van der Waals surface area contributed by atoms with Gasteiger partial charge < -0.3 is 25.2 Å². The lowest BCUT2D eigenvalue weighted by Gasteiger charge is -2.40. The summed E-state index contributed by atoms with van der Waals surface area (Å²) in [4.78, 5) is 0. The first-order chi connectivity index (χ1) is 9.52. The maximum atomic E-state index is 9.92. The molecule has 1 aromatic rings. The van der Waals surface area contributed by atoms with E-state index in [9.17, 15) is 15.3 Å². The number of benzene rings is 1. The maximum Gasteiger partial charge on any atom is 0.111 e. The number of rotatable bonds is 4. The molecule has 0 unspecified atom stereocenters. The number of aliphatic hydroxyl groups is 4. The van der Waals surface area contributed by atoms with E-state index in [1.165, 1.54) is 0 Å². The van der Waals surface area contributed by atoms with E-state index in [1.807, 2.05) is 24.3 Å². The highest BCUT2D eigenvalue weighted by Gasteiger charge is 2.42. The molecular formula is C14H19BrO5. The first kappa shape index (κ1) is 15.9. The predicted octanol–water partition coefficient (Wildman–Crippen LogP) is 0.224. The van der Waals surface area contributed by atoms with Crippen molar-refractivity contribution in [2.75, 3.05) is 6.61 Å². The van der Waals surface area contributed by atoms with Crippen LogP contribution in [0.3, 0.4) is 0 Å². The molecule has 0 radical (unpaired) electrons. The van der Waals surface area contributed by atoms with Gasteiger partial charge in [0, 0.05) is 4.47 Å². The summed E-state index contributed by atoms with van der Waals surface area (Å²) in [5, 5.41) is 38.4. The van der Waals surface area contributed by atoms with Crippen LogP contribution in [0.4, 0.5) is 0 Å². The van der Waals surface area contributed by atoms with E-state index in [-0.39, 0.29) is 6.61 Å². The standard InChI is InChI=1S/C14H19BrO5/c15-9-4-1-8(2-5-9)3-6-10-12(17)14(19)13(18)11(7-16)20-10/h1-2,4-5,10-14,16-19H,3,6-7H2/t10-,11+,12-,13+,14+/m0/s1. The van der Waals surface area contributed by atoms with Crippen molar-refractivity contribution in [3.8, 4) is 0 Å². The second-order valence-corrected chi connectivity index (χ2v) is 5.95. The number of aryl methyl sites for hydroxylation is 1. The van der Waals surface area contributed by atoms with Crippen LogP contribution in [0.1, 0.15) is 12.0 Å². The summed E-state index contributed by atoms with van der Waals surface area (Å²) in [7, 11) is 0. The van der Waals surface area contributed by atoms with Crippen molar-refractivity contribution in [2.45, 2.75) is 43.4 Å². The Bertz CT molecular complexity index is 422. The van der Waals surface area contributed by atoms with Crippen LogP contribution in [-0.2, 0) is 11.2 Å². The minimum atomic E-state index is -1.30. The Labute approximate surface area is 126 Å².